The first-order chi connectivity index (χ1) is 19.1. The van der Waals surface area contributed by atoms with Crippen LogP contribution in [0.1, 0.15) is 20.8 Å². The van der Waals surface area contributed by atoms with Crippen molar-refractivity contribution in [3.8, 4) is 0 Å². The van der Waals surface area contributed by atoms with E-state index < -0.39 is 0 Å². The molecule has 3 aromatic rings. The Labute approximate surface area is 235 Å². The average molecular weight is 546 g/mol. The first kappa shape index (κ1) is 28.8. The summed E-state index contributed by atoms with van der Waals surface area (Å²) in [7, 11) is 4.00. The van der Waals surface area contributed by atoms with E-state index in [9.17, 15) is 9.59 Å². The van der Waals surface area contributed by atoms with E-state index in [0.29, 0.717) is 35.6 Å². The highest BCUT2D eigenvalue weighted by Gasteiger charge is 2.20. The van der Waals surface area contributed by atoms with Gasteiger partial charge in [0, 0.05) is 57.3 Å². The Hall–Kier alpha value is -4.25. The molecule has 11 heteroatoms. The number of fused-ring (bicyclic) bond motifs is 1. The summed E-state index contributed by atoms with van der Waals surface area (Å²) in [4.78, 5) is 38.4. The van der Waals surface area contributed by atoms with Gasteiger partial charge in [-0.2, -0.15) is 10.1 Å². The molecule has 40 heavy (non-hydrogen) atoms. The van der Waals surface area contributed by atoms with Crippen LogP contribution < -0.4 is 15.8 Å². The van der Waals surface area contributed by atoms with Crippen molar-refractivity contribution in [1.29, 1.82) is 0 Å². The van der Waals surface area contributed by atoms with E-state index in [-0.39, 0.29) is 17.5 Å². The Morgan fingerprint density at radius 1 is 1.18 bits per heavy atom. The van der Waals surface area contributed by atoms with E-state index >= 15 is 0 Å². The van der Waals surface area contributed by atoms with Gasteiger partial charge in [0.1, 0.15) is 11.7 Å². The molecule has 0 bridgehead atoms. The molecule has 2 aromatic heterocycles. The first-order valence-corrected chi connectivity index (χ1v) is 13.4. The van der Waals surface area contributed by atoms with Crippen molar-refractivity contribution >= 4 is 40.5 Å². The van der Waals surface area contributed by atoms with Crippen molar-refractivity contribution in [2.75, 3.05) is 57.0 Å². The molecule has 0 unspecified atom stereocenters. The van der Waals surface area contributed by atoms with Crippen LogP contribution in [0.4, 0.5) is 17.3 Å². The van der Waals surface area contributed by atoms with Gasteiger partial charge in [0.05, 0.1) is 6.54 Å². The fraction of sp³-hybridized carbons (Fsp3) is 0.414. The number of hydrogen-bond acceptors (Lipinski definition) is 9. The molecule has 1 aromatic carbocycles. The van der Waals surface area contributed by atoms with Crippen LogP contribution in [0.15, 0.2) is 65.2 Å². The molecule has 4 rings (SSSR count). The SMILES string of the molecule is C=CCn1c(=O)c2cnc(Nc3ccc(N4CCN(C)CC4)cc3)nc2n1C(/C=C\C=O)=N/N(C)CC(C)(C)C. The second-order valence-corrected chi connectivity index (χ2v) is 11.2. The lowest BCUT2D eigenvalue weighted by Crippen LogP contribution is -2.44. The number of aromatic nitrogens is 4. The number of carbonyl (C=O) groups is 1. The molecule has 212 valence electrons. The summed E-state index contributed by atoms with van der Waals surface area (Å²) in [5, 5.41) is 10.1. The van der Waals surface area contributed by atoms with Crippen LogP contribution in [-0.2, 0) is 11.3 Å². The van der Waals surface area contributed by atoms with Crippen molar-refractivity contribution in [1.82, 2.24) is 29.2 Å². The fourth-order valence-corrected chi connectivity index (χ4v) is 4.73. The smallest absolute Gasteiger partial charge is 0.278 e. The van der Waals surface area contributed by atoms with Gasteiger partial charge in [-0.25, -0.2) is 14.3 Å². The monoisotopic (exact) mass is 545 g/mol. The van der Waals surface area contributed by atoms with Crippen molar-refractivity contribution in [2.45, 2.75) is 27.3 Å². The normalized spacial score (nSPS) is 15.1. The summed E-state index contributed by atoms with van der Waals surface area (Å²) in [5.74, 6) is 0.708. The summed E-state index contributed by atoms with van der Waals surface area (Å²) in [5.41, 5.74) is 2.08. The molecule has 1 aliphatic rings. The molecule has 0 spiro atoms. The quantitative estimate of drug-likeness (QED) is 0.109. The summed E-state index contributed by atoms with van der Waals surface area (Å²) in [6.45, 7) is 15.1. The largest absolute Gasteiger partial charge is 0.369 e. The zero-order chi connectivity index (χ0) is 28.9. The van der Waals surface area contributed by atoms with Gasteiger partial charge in [0.2, 0.25) is 5.95 Å². The topological polar surface area (TPSA) is 104 Å². The Morgan fingerprint density at radius 3 is 2.50 bits per heavy atom. The second-order valence-electron chi connectivity index (χ2n) is 11.2. The van der Waals surface area contributed by atoms with E-state index in [4.69, 9.17) is 10.1 Å². The van der Waals surface area contributed by atoms with Gasteiger partial charge in [0.25, 0.3) is 5.56 Å². The van der Waals surface area contributed by atoms with Gasteiger partial charge in [-0.05, 0) is 48.9 Å². The number of anilines is 3. The second kappa shape index (κ2) is 12.3. The Morgan fingerprint density at radius 2 is 1.88 bits per heavy atom. The standard InChI is InChI=1S/C29H39N9O2/c1-7-14-37-27(40)24-20-30-28(31-22-10-12-23(13-11-22)36-17-15-34(5)16-18-36)32-26(24)38(37)25(9-8-19-39)33-35(6)21-29(2,3)4/h7-13,19-20H,1,14-18,21H2,2-6H3,(H,30,31,32)/b9-8-,33-25+. The summed E-state index contributed by atoms with van der Waals surface area (Å²) in [6.07, 6.45) is 6.74. The lowest BCUT2D eigenvalue weighted by atomic mass is 9.97. The zero-order valence-electron chi connectivity index (χ0n) is 24.0. The van der Waals surface area contributed by atoms with Gasteiger partial charge in [-0.1, -0.05) is 26.8 Å². The maximum absolute atomic E-state index is 13.3. The van der Waals surface area contributed by atoms with Gasteiger partial charge < -0.3 is 15.1 Å². The van der Waals surface area contributed by atoms with E-state index in [2.05, 4.69) is 66.6 Å². The molecule has 1 N–H and O–H groups in total. The summed E-state index contributed by atoms with van der Waals surface area (Å²) >= 11 is 0. The van der Waals surface area contributed by atoms with Gasteiger partial charge in [-0.3, -0.25) is 14.6 Å². The molecule has 0 atom stereocenters. The molecule has 0 radical (unpaired) electrons. The summed E-state index contributed by atoms with van der Waals surface area (Å²) in [6, 6.07) is 8.17. The number of piperazine rings is 1. The molecule has 0 aliphatic carbocycles. The van der Waals surface area contributed by atoms with Gasteiger partial charge in [0.15, 0.2) is 11.5 Å². The van der Waals surface area contributed by atoms with Crippen LogP contribution in [0.5, 0.6) is 0 Å². The number of nitrogens with zero attached hydrogens (tertiary/aromatic N) is 8. The predicted octanol–water partition coefficient (Wildman–Crippen LogP) is 3.17. The van der Waals surface area contributed by atoms with Crippen molar-refractivity contribution in [3.05, 3.63) is 65.6 Å². The Kier molecular flexibility index (Phi) is 8.83. The lowest BCUT2D eigenvalue weighted by Gasteiger charge is -2.34. The van der Waals surface area contributed by atoms with Crippen LogP contribution in [-0.4, -0.2) is 88.2 Å². The highest BCUT2D eigenvalue weighted by Crippen LogP contribution is 2.22. The van der Waals surface area contributed by atoms with Crippen LogP contribution in [0.3, 0.4) is 0 Å². The first-order valence-electron chi connectivity index (χ1n) is 13.4. The van der Waals surface area contributed by atoms with E-state index in [1.807, 2.05) is 19.2 Å². The van der Waals surface area contributed by atoms with E-state index in [0.717, 1.165) is 31.9 Å². The maximum atomic E-state index is 13.3. The third-order valence-corrected chi connectivity index (χ3v) is 6.49. The molecule has 1 fully saturated rings. The van der Waals surface area contributed by atoms with Crippen LogP contribution in [0, 0.1) is 5.41 Å². The van der Waals surface area contributed by atoms with Gasteiger partial charge in [-0.15, -0.1) is 6.58 Å². The van der Waals surface area contributed by atoms with Crippen molar-refractivity contribution in [2.24, 2.45) is 10.5 Å². The third kappa shape index (κ3) is 6.84. The molecule has 0 saturated carbocycles. The number of nitrogens with one attached hydrogen (secondary N) is 1. The van der Waals surface area contributed by atoms with Crippen LogP contribution in [0.2, 0.25) is 0 Å². The van der Waals surface area contributed by atoms with Gasteiger partial charge >= 0.3 is 0 Å². The Balaban J connectivity index is 1.71. The number of allylic oxidation sites excluding steroid dienone is 3. The van der Waals surface area contributed by atoms with E-state index in [1.165, 1.54) is 22.6 Å². The molecular formula is C29H39N9O2. The number of benzene rings is 1. The molecule has 11 nitrogen and oxygen atoms in total. The highest BCUT2D eigenvalue weighted by molar-refractivity contribution is 6.01. The minimum absolute atomic E-state index is 0.0174. The highest BCUT2D eigenvalue weighted by atomic mass is 16.1. The number of aldehydes is 1. The minimum atomic E-state index is -0.274. The number of carbonyl (C=O) groups excluding carboxylic acids is 1. The van der Waals surface area contributed by atoms with E-state index in [1.54, 1.807) is 21.8 Å². The number of likely N-dealkylation sites (N-methyl/N-ethyl adjacent to an activating group) is 1. The van der Waals surface area contributed by atoms with Crippen molar-refractivity contribution < 1.29 is 4.79 Å². The number of hydrazone groups is 1. The van der Waals surface area contributed by atoms with Crippen molar-refractivity contribution in [3.63, 3.8) is 0 Å². The third-order valence-electron chi connectivity index (χ3n) is 6.49. The average Bonchev–Trinajstić information content (AvgIpc) is 3.17. The number of rotatable bonds is 9. The van der Waals surface area contributed by atoms with Crippen LogP contribution >= 0.6 is 0 Å². The molecule has 1 aliphatic heterocycles. The molecule has 3 heterocycles. The minimum Gasteiger partial charge on any atom is -0.369 e. The van der Waals surface area contributed by atoms with Crippen LogP contribution in [0.25, 0.3) is 11.0 Å². The molecule has 1 saturated heterocycles. The fourth-order valence-electron chi connectivity index (χ4n) is 4.73. The zero-order valence-corrected chi connectivity index (χ0v) is 24.0. The predicted molar refractivity (Wildman–Crippen MR) is 162 cm³/mol. The lowest BCUT2D eigenvalue weighted by molar-refractivity contribution is -0.104. The number of hydrogen-bond donors (Lipinski definition) is 1. The maximum Gasteiger partial charge on any atom is 0.278 e. The Bertz CT molecular complexity index is 1450. The summed E-state index contributed by atoms with van der Waals surface area (Å²) < 4.78 is 3.10. The molecule has 0 amide bonds. The molecular weight excluding hydrogens is 506 g/mol.